The van der Waals surface area contributed by atoms with E-state index in [9.17, 15) is 8.42 Å². The third kappa shape index (κ3) is 4.36. The zero-order valence-electron chi connectivity index (χ0n) is 10.3. The first-order chi connectivity index (χ1) is 8.10. The minimum absolute atomic E-state index is 0.124. The Balaban J connectivity index is 2.62. The number of rotatable bonds is 7. The van der Waals surface area contributed by atoms with Gasteiger partial charge in [-0.05, 0) is 37.2 Å². The smallest absolute Gasteiger partial charge is 0.179 e. The molecule has 0 aliphatic carbocycles. The number of hydrogen-bond acceptors (Lipinski definition) is 4. The lowest BCUT2D eigenvalue weighted by molar-refractivity contribution is 0.414. The molecule has 1 aromatic rings. The van der Waals surface area contributed by atoms with E-state index in [1.807, 2.05) is 6.92 Å². The first-order valence-corrected chi connectivity index (χ1v) is 7.33. The van der Waals surface area contributed by atoms with E-state index in [4.69, 9.17) is 4.74 Å². The van der Waals surface area contributed by atoms with E-state index in [1.165, 1.54) is 0 Å². The molecule has 0 bridgehead atoms. The van der Waals surface area contributed by atoms with Gasteiger partial charge in [-0.15, -0.1) is 0 Å². The van der Waals surface area contributed by atoms with Gasteiger partial charge in [0.2, 0.25) is 0 Å². The van der Waals surface area contributed by atoms with Crippen LogP contribution >= 0.6 is 0 Å². The number of ether oxygens (including phenoxy) is 1. The van der Waals surface area contributed by atoms with Crippen molar-refractivity contribution in [2.45, 2.75) is 18.2 Å². The third-order valence-electron chi connectivity index (χ3n) is 2.39. The number of methoxy groups -OCH3 is 1. The van der Waals surface area contributed by atoms with Crippen LogP contribution in [0, 0.1) is 0 Å². The van der Waals surface area contributed by atoms with Crippen molar-refractivity contribution in [1.82, 2.24) is 5.32 Å². The van der Waals surface area contributed by atoms with E-state index in [1.54, 1.807) is 31.4 Å². The van der Waals surface area contributed by atoms with Crippen molar-refractivity contribution in [3.8, 4) is 5.75 Å². The van der Waals surface area contributed by atoms with Gasteiger partial charge in [0.15, 0.2) is 9.84 Å². The summed E-state index contributed by atoms with van der Waals surface area (Å²) >= 11 is 0. The molecule has 4 nitrogen and oxygen atoms in total. The minimum atomic E-state index is -3.18. The molecule has 17 heavy (non-hydrogen) atoms. The van der Waals surface area contributed by atoms with Gasteiger partial charge in [-0.1, -0.05) is 6.92 Å². The van der Waals surface area contributed by atoms with Crippen molar-refractivity contribution in [3.63, 3.8) is 0 Å². The molecule has 0 unspecified atom stereocenters. The molecule has 0 aliphatic rings. The van der Waals surface area contributed by atoms with Gasteiger partial charge >= 0.3 is 0 Å². The maximum atomic E-state index is 11.9. The lowest BCUT2D eigenvalue weighted by Gasteiger charge is -2.06. The first kappa shape index (κ1) is 14.0. The molecular formula is C12H19NO3S. The van der Waals surface area contributed by atoms with Crippen LogP contribution in [-0.2, 0) is 9.84 Å². The predicted molar refractivity (Wildman–Crippen MR) is 68.2 cm³/mol. The van der Waals surface area contributed by atoms with Crippen molar-refractivity contribution in [3.05, 3.63) is 24.3 Å². The van der Waals surface area contributed by atoms with Crippen LogP contribution in [0.4, 0.5) is 0 Å². The number of benzene rings is 1. The van der Waals surface area contributed by atoms with Crippen LogP contribution in [0.2, 0.25) is 0 Å². The standard InChI is InChI=1S/C12H19NO3S/c1-3-8-13-9-10-17(14,15)12-6-4-11(16-2)5-7-12/h4-7,13H,3,8-10H2,1-2H3. The van der Waals surface area contributed by atoms with E-state index >= 15 is 0 Å². The SMILES string of the molecule is CCCNCCS(=O)(=O)c1ccc(OC)cc1. The topological polar surface area (TPSA) is 55.4 Å². The Morgan fingerprint density at radius 1 is 1.18 bits per heavy atom. The van der Waals surface area contributed by atoms with Crippen LogP contribution < -0.4 is 10.1 Å². The highest BCUT2D eigenvalue weighted by atomic mass is 32.2. The Labute approximate surface area is 103 Å². The number of nitrogens with one attached hydrogen (secondary N) is 1. The highest BCUT2D eigenvalue weighted by Gasteiger charge is 2.13. The highest BCUT2D eigenvalue weighted by molar-refractivity contribution is 7.91. The van der Waals surface area contributed by atoms with Crippen molar-refractivity contribution < 1.29 is 13.2 Å². The lowest BCUT2D eigenvalue weighted by atomic mass is 10.3. The van der Waals surface area contributed by atoms with Gasteiger partial charge < -0.3 is 10.1 Å². The molecule has 1 rings (SSSR count). The number of sulfone groups is 1. The normalized spacial score (nSPS) is 11.4. The molecule has 0 aromatic heterocycles. The average Bonchev–Trinajstić information content (AvgIpc) is 2.35. The Bertz CT molecular complexity index is 426. The summed E-state index contributed by atoms with van der Waals surface area (Å²) in [6.07, 6.45) is 1.00. The molecular weight excluding hydrogens is 238 g/mol. The van der Waals surface area contributed by atoms with Gasteiger partial charge in [-0.2, -0.15) is 0 Å². The van der Waals surface area contributed by atoms with E-state index in [0.717, 1.165) is 13.0 Å². The van der Waals surface area contributed by atoms with Crippen molar-refractivity contribution >= 4 is 9.84 Å². The summed E-state index contributed by atoms with van der Waals surface area (Å²) in [5, 5.41) is 3.08. The molecule has 5 heteroatoms. The fourth-order valence-electron chi connectivity index (χ4n) is 1.41. The Morgan fingerprint density at radius 2 is 1.82 bits per heavy atom. The zero-order valence-corrected chi connectivity index (χ0v) is 11.1. The van der Waals surface area contributed by atoms with Gasteiger partial charge in [0.25, 0.3) is 0 Å². The fraction of sp³-hybridized carbons (Fsp3) is 0.500. The van der Waals surface area contributed by atoms with Gasteiger partial charge in [-0.3, -0.25) is 0 Å². The largest absolute Gasteiger partial charge is 0.497 e. The minimum Gasteiger partial charge on any atom is -0.497 e. The number of hydrogen-bond donors (Lipinski definition) is 1. The quantitative estimate of drug-likeness (QED) is 0.752. The van der Waals surface area contributed by atoms with Crippen LogP contribution in [0.1, 0.15) is 13.3 Å². The molecule has 0 atom stereocenters. The van der Waals surface area contributed by atoms with Gasteiger partial charge in [0.05, 0.1) is 17.8 Å². The van der Waals surface area contributed by atoms with Crippen molar-refractivity contribution in [2.24, 2.45) is 0 Å². The molecule has 1 aromatic carbocycles. The van der Waals surface area contributed by atoms with Gasteiger partial charge in [0.1, 0.15) is 5.75 Å². The summed E-state index contributed by atoms with van der Waals surface area (Å²) < 4.78 is 28.8. The molecule has 0 fully saturated rings. The predicted octanol–water partition coefficient (Wildman–Crippen LogP) is 1.47. The molecule has 0 heterocycles. The van der Waals surface area contributed by atoms with Crippen LogP contribution in [-0.4, -0.2) is 34.4 Å². The Kier molecular flexibility index (Phi) is 5.44. The molecule has 1 N–H and O–H groups in total. The monoisotopic (exact) mass is 257 g/mol. The highest BCUT2D eigenvalue weighted by Crippen LogP contribution is 2.16. The van der Waals surface area contributed by atoms with Crippen LogP contribution in [0.15, 0.2) is 29.2 Å². The van der Waals surface area contributed by atoms with E-state index < -0.39 is 9.84 Å². The summed E-state index contributed by atoms with van der Waals surface area (Å²) in [5.74, 6) is 0.785. The van der Waals surface area contributed by atoms with Gasteiger partial charge in [0, 0.05) is 6.54 Å². The Morgan fingerprint density at radius 3 is 2.35 bits per heavy atom. The second-order valence-corrected chi connectivity index (χ2v) is 5.85. The van der Waals surface area contributed by atoms with Crippen molar-refractivity contribution in [2.75, 3.05) is 26.0 Å². The molecule has 0 saturated heterocycles. The summed E-state index contributed by atoms with van der Waals surface area (Å²) in [7, 11) is -1.63. The van der Waals surface area contributed by atoms with Crippen LogP contribution in [0.3, 0.4) is 0 Å². The molecule has 0 radical (unpaired) electrons. The molecule has 0 saturated carbocycles. The second kappa shape index (κ2) is 6.61. The second-order valence-electron chi connectivity index (χ2n) is 3.74. The fourth-order valence-corrected chi connectivity index (χ4v) is 2.61. The van der Waals surface area contributed by atoms with E-state index in [-0.39, 0.29) is 5.75 Å². The molecule has 96 valence electrons. The summed E-state index contributed by atoms with van der Waals surface area (Å²) in [4.78, 5) is 0.344. The Hall–Kier alpha value is -1.07. The van der Waals surface area contributed by atoms with Crippen LogP contribution in [0.25, 0.3) is 0 Å². The summed E-state index contributed by atoms with van der Waals surface area (Å²) in [6.45, 7) is 3.38. The van der Waals surface area contributed by atoms with E-state index in [0.29, 0.717) is 17.2 Å². The maximum Gasteiger partial charge on any atom is 0.179 e. The third-order valence-corrected chi connectivity index (χ3v) is 4.12. The molecule has 0 aliphatic heterocycles. The molecule has 0 spiro atoms. The van der Waals surface area contributed by atoms with E-state index in [2.05, 4.69) is 5.32 Å². The summed E-state index contributed by atoms with van der Waals surface area (Å²) in [6, 6.07) is 6.47. The molecule has 0 amide bonds. The zero-order chi connectivity index (χ0) is 12.7. The van der Waals surface area contributed by atoms with Gasteiger partial charge in [-0.25, -0.2) is 8.42 Å². The van der Waals surface area contributed by atoms with Crippen LogP contribution in [0.5, 0.6) is 5.75 Å². The average molecular weight is 257 g/mol. The lowest BCUT2D eigenvalue weighted by Crippen LogP contribution is -2.23. The van der Waals surface area contributed by atoms with Crippen molar-refractivity contribution in [1.29, 1.82) is 0 Å². The first-order valence-electron chi connectivity index (χ1n) is 5.67. The summed E-state index contributed by atoms with van der Waals surface area (Å²) in [5.41, 5.74) is 0. The maximum absolute atomic E-state index is 11.9.